The number of benzene rings is 2. The fourth-order valence-electron chi connectivity index (χ4n) is 3.02. The second-order valence-electron chi connectivity index (χ2n) is 6.91. The number of carbonyl (C=O) groups excluding carboxylic acids is 1. The van der Waals surface area contributed by atoms with E-state index in [1.807, 2.05) is 42.5 Å². The summed E-state index contributed by atoms with van der Waals surface area (Å²) in [4.78, 5) is 12.2. The lowest BCUT2D eigenvalue weighted by Crippen LogP contribution is -2.38. The Morgan fingerprint density at radius 3 is 2.66 bits per heavy atom. The number of para-hydroxylation sites is 1. The molecule has 4 aromatic rings. The molecule has 1 unspecified atom stereocenters. The summed E-state index contributed by atoms with van der Waals surface area (Å²) in [6, 6.07) is 20.2. The fourth-order valence-corrected chi connectivity index (χ4v) is 3.02. The van der Waals surface area contributed by atoms with Crippen LogP contribution in [0.15, 0.2) is 66.7 Å². The van der Waals surface area contributed by atoms with Crippen LogP contribution in [0, 0.1) is 0 Å². The maximum Gasteiger partial charge on any atom is 0.260 e. The molecule has 0 saturated heterocycles. The van der Waals surface area contributed by atoms with Crippen molar-refractivity contribution in [2.45, 2.75) is 13.0 Å². The zero-order valence-corrected chi connectivity index (χ0v) is 17.8. The average molecular weight is 433 g/mol. The van der Waals surface area contributed by atoms with Gasteiger partial charge in [-0.15, -0.1) is 15.3 Å². The van der Waals surface area contributed by atoms with Gasteiger partial charge in [-0.3, -0.25) is 4.79 Å². The van der Waals surface area contributed by atoms with Crippen LogP contribution in [0.4, 0.5) is 0 Å². The zero-order chi connectivity index (χ0) is 22.3. The Labute approximate surface area is 185 Å². The summed E-state index contributed by atoms with van der Waals surface area (Å²) in [5, 5.41) is 15.6. The lowest BCUT2D eigenvalue weighted by molar-refractivity contribution is -0.127. The van der Waals surface area contributed by atoms with E-state index in [1.54, 1.807) is 42.8 Å². The number of aromatic nitrogens is 4. The summed E-state index contributed by atoms with van der Waals surface area (Å²) >= 11 is 0. The molecule has 0 bridgehead atoms. The lowest BCUT2D eigenvalue weighted by atomic mass is 10.2. The van der Waals surface area contributed by atoms with E-state index in [1.165, 1.54) is 0 Å². The summed E-state index contributed by atoms with van der Waals surface area (Å²) in [5.74, 6) is 2.10. The molecule has 0 aliphatic carbocycles. The third kappa shape index (κ3) is 4.94. The third-order valence-electron chi connectivity index (χ3n) is 4.64. The minimum absolute atomic E-state index is 0.222. The van der Waals surface area contributed by atoms with Gasteiger partial charge in [0.25, 0.3) is 5.91 Å². The maximum atomic E-state index is 12.2. The molecule has 0 aliphatic heterocycles. The van der Waals surface area contributed by atoms with E-state index in [2.05, 4.69) is 20.6 Å². The third-order valence-corrected chi connectivity index (χ3v) is 4.64. The predicted octanol–water partition coefficient (Wildman–Crippen LogP) is 2.76. The number of nitrogens with zero attached hydrogens (tertiary/aromatic N) is 4. The van der Waals surface area contributed by atoms with Crippen LogP contribution in [0.25, 0.3) is 17.0 Å². The van der Waals surface area contributed by atoms with Gasteiger partial charge in [-0.05, 0) is 37.3 Å². The molecular formula is C23H23N5O4. The van der Waals surface area contributed by atoms with Crippen LogP contribution in [0.1, 0.15) is 6.92 Å². The van der Waals surface area contributed by atoms with E-state index < -0.39 is 6.10 Å². The summed E-state index contributed by atoms with van der Waals surface area (Å²) in [6.45, 7) is 2.26. The van der Waals surface area contributed by atoms with Crippen molar-refractivity contribution in [3.8, 4) is 28.8 Å². The highest BCUT2D eigenvalue weighted by atomic mass is 16.5. The monoisotopic (exact) mass is 433 g/mol. The molecule has 1 atom stereocenters. The van der Waals surface area contributed by atoms with Gasteiger partial charge in [-0.1, -0.05) is 30.3 Å². The Morgan fingerprint density at radius 1 is 1.03 bits per heavy atom. The van der Waals surface area contributed by atoms with E-state index in [4.69, 9.17) is 14.2 Å². The molecule has 2 heterocycles. The van der Waals surface area contributed by atoms with E-state index in [9.17, 15) is 4.79 Å². The Kier molecular flexibility index (Phi) is 6.45. The number of hydrogen-bond acceptors (Lipinski definition) is 7. The first-order valence-electron chi connectivity index (χ1n) is 10.1. The minimum atomic E-state index is -0.616. The van der Waals surface area contributed by atoms with Gasteiger partial charge in [0, 0.05) is 11.6 Å². The van der Waals surface area contributed by atoms with Crippen molar-refractivity contribution in [1.29, 1.82) is 0 Å². The molecule has 0 spiro atoms. The quantitative estimate of drug-likeness (QED) is 0.405. The second-order valence-corrected chi connectivity index (χ2v) is 6.91. The summed E-state index contributed by atoms with van der Waals surface area (Å²) in [6.07, 6.45) is -0.616. The van der Waals surface area contributed by atoms with Crippen molar-refractivity contribution >= 4 is 11.6 Å². The van der Waals surface area contributed by atoms with Gasteiger partial charge in [0.15, 0.2) is 17.6 Å². The standard InChI is InChI=1S/C23H23N5O4/c1-16(32-18-8-4-3-5-9-18)23(29)24-13-14-31-21-12-11-20-25-26-22(28(20)27-21)17-7-6-10-19(15-17)30-2/h3-12,15-16H,13-14H2,1-2H3,(H,24,29). The van der Waals surface area contributed by atoms with Gasteiger partial charge in [0.2, 0.25) is 5.88 Å². The Hall–Kier alpha value is -4.14. The van der Waals surface area contributed by atoms with Crippen molar-refractivity contribution in [3.05, 3.63) is 66.7 Å². The molecular weight excluding hydrogens is 410 g/mol. The molecule has 164 valence electrons. The van der Waals surface area contributed by atoms with Crippen LogP contribution in [0.5, 0.6) is 17.4 Å². The smallest absolute Gasteiger partial charge is 0.260 e. The SMILES string of the molecule is COc1cccc(-c2nnc3ccc(OCCNC(=O)C(C)Oc4ccccc4)nn23)c1. The molecule has 2 aromatic carbocycles. The van der Waals surface area contributed by atoms with Crippen LogP contribution < -0.4 is 19.5 Å². The summed E-state index contributed by atoms with van der Waals surface area (Å²) < 4.78 is 18.2. The first-order valence-corrected chi connectivity index (χ1v) is 10.1. The number of amides is 1. The first kappa shape index (κ1) is 21.1. The number of carbonyl (C=O) groups is 1. The molecule has 0 aliphatic rings. The van der Waals surface area contributed by atoms with Gasteiger partial charge < -0.3 is 19.5 Å². The van der Waals surface area contributed by atoms with E-state index in [-0.39, 0.29) is 12.5 Å². The molecule has 1 N–H and O–H groups in total. The Morgan fingerprint density at radius 2 is 1.84 bits per heavy atom. The largest absolute Gasteiger partial charge is 0.497 e. The minimum Gasteiger partial charge on any atom is -0.497 e. The number of nitrogens with one attached hydrogen (secondary N) is 1. The van der Waals surface area contributed by atoms with Gasteiger partial charge in [-0.2, -0.15) is 4.52 Å². The normalized spacial score (nSPS) is 11.7. The van der Waals surface area contributed by atoms with Gasteiger partial charge in [0.05, 0.1) is 13.7 Å². The molecule has 1 amide bonds. The second kappa shape index (κ2) is 9.78. The van der Waals surface area contributed by atoms with Crippen LogP contribution in [0.2, 0.25) is 0 Å². The van der Waals surface area contributed by atoms with E-state index in [0.717, 1.165) is 5.56 Å². The van der Waals surface area contributed by atoms with E-state index >= 15 is 0 Å². The molecule has 0 fully saturated rings. The van der Waals surface area contributed by atoms with Crippen molar-refractivity contribution in [2.24, 2.45) is 0 Å². The molecule has 0 saturated carbocycles. The molecule has 0 radical (unpaired) electrons. The summed E-state index contributed by atoms with van der Waals surface area (Å²) in [5.41, 5.74) is 1.41. The number of rotatable bonds is 9. The van der Waals surface area contributed by atoms with Crippen LogP contribution in [0.3, 0.4) is 0 Å². The highest BCUT2D eigenvalue weighted by Crippen LogP contribution is 2.23. The Balaban J connectivity index is 1.34. The zero-order valence-electron chi connectivity index (χ0n) is 17.8. The van der Waals surface area contributed by atoms with Crippen LogP contribution >= 0.6 is 0 Å². The van der Waals surface area contributed by atoms with Crippen molar-refractivity contribution in [1.82, 2.24) is 25.1 Å². The Bertz CT molecular complexity index is 1200. The molecule has 9 heteroatoms. The van der Waals surface area contributed by atoms with Crippen LogP contribution in [-0.4, -0.2) is 52.1 Å². The van der Waals surface area contributed by atoms with Crippen LogP contribution in [-0.2, 0) is 4.79 Å². The first-order chi connectivity index (χ1) is 15.6. The highest BCUT2D eigenvalue weighted by molar-refractivity contribution is 5.80. The van der Waals surface area contributed by atoms with Crippen molar-refractivity contribution < 1.29 is 19.0 Å². The topological polar surface area (TPSA) is 99.9 Å². The fraction of sp³-hybridized carbons (Fsp3) is 0.217. The molecule has 32 heavy (non-hydrogen) atoms. The predicted molar refractivity (Wildman–Crippen MR) is 118 cm³/mol. The summed E-state index contributed by atoms with van der Waals surface area (Å²) in [7, 11) is 1.61. The lowest BCUT2D eigenvalue weighted by Gasteiger charge is -2.14. The van der Waals surface area contributed by atoms with Crippen molar-refractivity contribution in [3.63, 3.8) is 0 Å². The number of methoxy groups -OCH3 is 1. The van der Waals surface area contributed by atoms with Crippen molar-refractivity contribution in [2.75, 3.05) is 20.3 Å². The average Bonchev–Trinajstić information content (AvgIpc) is 3.25. The van der Waals surface area contributed by atoms with Gasteiger partial charge in [-0.25, -0.2) is 0 Å². The van der Waals surface area contributed by atoms with Gasteiger partial charge in [0.1, 0.15) is 18.1 Å². The molecule has 4 rings (SSSR count). The molecule has 2 aromatic heterocycles. The maximum absolute atomic E-state index is 12.2. The van der Waals surface area contributed by atoms with Gasteiger partial charge >= 0.3 is 0 Å². The number of ether oxygens (including phenoxy) is 3. The number of fused-ring (bicyclic) bond motifs is 1. The highest BCUT2D eigenvalue weighted by Gasteiger charge is 2.14. The molecule has 9 nitrogen and oxygen atoms in total. The number of hydrogen-bond donors (Lipinski definition) is 1. The van der Waals surface area contributed by atoms with E-state index in [0.29, 0.717) is 35.4 Å².